The van der Waals surface area contributed by atoms with E-state index in [2.05, 4.69) is 17.1 Å². The van der Waals surface area contributed by atoms with Crippen LogP contribution >= 0.6 is 23.1 Å². The molecule has 4 aliphatic rings. The lowest BCUT2D eigenvalue weighted by Gasteiger charge is -2.43. The second-order valence-electron chi connectivity index (χ2n) is 9.72. The number of H-pyrrole nitrogens is 1. The number of nitrogens with one attached hydrogen (secondary N) is 1. The molecule has 2 saturated carbocycles. The summed E-state index contributed by atoms with van der Waals surface area (Å²) in [5.74, 6) is 0.0616. The number of benzene rings is 2. The quantitative estimate of drug-likeness (QED) is 0.558. The molecular formula is C26H22N2O3S2. The fourth-order valence-electron chi connectivity index (χ4n) is 7.00. The molecule has 5 nitrogen and oxygen atoms in total. The molecule has 166 valence electrons. The number of hydrogen-bond acceptors (Lipinski definition) is 5. The van der Waals surface area contributed by atoms with E-state index in [1.54, 1.807) is 11.8 Å². The van der Waals surface area contributed by atoms with Gasteiger partial charge < -0.3 is 4.98 Å². The summed E-state index contributed by atoms with van der Waals surface area (Å²) >= 11 is 3.03. The molecular weight excluding hydrogens is 452 g/mol. The molecule has 33 heavy (non-hydrogen) atoms. The third kappa shape index (κ3) is 2.63. The van der Waals surface area contributed by atoms with Gasteiger partial charge in [0.15, 0.2) is 0 Å². The number of aromatic amines is 1. The predicted octanol–water partition coefficient (Wildman–Crippen LogP) is 4.42. The van der Waals surface area contributed by atoms with Crippen LogP contribution in [0.15, 0.2) is 64.4 Å². The summed E-state index contributed by atoms with van der Waals surface area (Å²) in [6.07, 6.45) is 0.916. The molecule has 3 fully saturated rings. The van der Waals surface area contributed by atoms with Gasteiger partial charge in [-0.1, -0.05) is 59.4 Å². The van der Waals surface area contributed by atoms with Gasteiger partial charge in [-0.25, -0.2) is 0 Å². The maximum atomic E-state index is 13.7. The zero-order valence-corrected chi connectivity index (χ0v) is 19.6. The van der Waals surface area contributed by atoms with Gasteiger partial charge in [-0.15, -0.1) is 11.8 Å². The Morgan fingerprint density at radius 3 is 2.33 bits per heavy atom. The van der Waals surface area contributed by atoms with Crippen LogP contribution in [0.2, 0.25) is 0 Å². The van der Waals surface area contributed by atoms with E-state index in [0.29, 0.717) is 5.69 Å². The Hall–Kier alpha value is -2.64. The maximum absolute atomic E-state index is 13.7. The highest BCUT2D eigenvalue weighted by Gasteiger charge is 2.69. The maximum Gasteiger partial charge on any atom is 0.305 e. The number of aryl methyl sites for hydroxylation is 1. The molecule has 7 atom stereocenters. The van der Waals surface area contributed by atoms with Crippen LogP contribution in [-0.2, 0) is 9.59 Å². The first-order valence-corrected chi connectivity index (χ1v) is 13.1. The number of aromatic nitrogens is 1. The number of anilines is 1. The minimum absolute atomic E-state index is 0.0290. The van der Waals surface area contributed by atoms with Crippen molar-refractivity contribution >= 4 is 40.6 Å². The van der Waals surface area contributed by atoms with E-state index in [9.17, 15) is 14.4 Å². The Labute approximate surface area is 199 Å². The molecule has 1 aromatic heterocycles. The summed E-state index contributed by atoms with van der Waals surface area (Å²) in [4.78, 5) is 45.1. The monoisotopic (exact) mass is 474 g/mol. The van der Waals surface area contributed by atoms with Crippen molar-refractivity contribution in [2.45, 2.75) is 29.5 Å². The van der Waals surface area contributed by atoms with Crippen LogP contribution in [0.1, 0.15) is 28.3 Å². The first-order chi connectivity index (χ1) is 16.0. The number of amides is 2. The average Bonchev–Trinajstić information content (AvgIpc) is 3.54. The molecule has 2 aliphatic heterocycles. The van der Waals surface area contributed by atoms with Crippen molar-refractivity contribution in [3.63, 3.8) is 0 Å². The van der Waals surface area contributed by atoms with E-state index >= 15 is 0 Å². The molecule has 2 bridgehead atoms. The zero-order chi connectivity index (χ0) is 22.4. The van der Waals surface area contributed by atoms with Gasteiger partial charge in [-0.2, -0.15) is 0 Å². The van der Waals surface area contributed by atoms with Crippen molar-refractivity contribution in [2.24, 2.45) is 29.6 Å². The number of hydrogen-bond donors (Lipinski definition) is 1. The van der Waals surface area contributed by atoms with E-state index in [4.69, 9.17) is 0 Å². The van der Waals surface area contributed by atoms with Crippen molar-refractivity contribution in [3.05, 3.63) is 80.3 Å². The lowest BCUT2D eigenvalue weighted by molar-refractivity contribution is -0.123. The zero-order valence-electron chi connectivity index (χ0n) is 17.9. The van der Waals surface area contributed by atoms with Crippen LogP contribution in [0.25, 0.3) is 0 Å². The fraction of sp³-hybridized carbons (Fsp3) is 0.346. The summed E-state index contributed by atoms with van der Waals surface area (Å²) in [7, 11) is 0. The molecule has 7 heteroatoms. The normalized spacial score (nSPS) is 33.8. The Balaban J connectivity index is 1.33. The average molecular weight is 475 g/mol. The molecule has 1 N–H and O–H groups in total. The molecule has 1 saturated heterocycles. The van der Waals surface area contributed by atoms with Crippen LogP contribution in [0.3, 0.4) is 0 Å². The van der Waals surface area contributed by atoms with Crippen LogP contribution in [0.4, 0.5) is 5.69 Å². The third-order valence-electron chi connectivity index (χ3n) is 8.17. The van der Waals surface area contributed by atoms with Gasteiger partial charge in [-0.05, 0) is 48.8 Å². The third-order valence-corrected chi connectivity index (χ3v) is 10.8. The van der Waals surface area contributed by atoms with Gasteiger partial charge in [0, 0.05) is 16.0 Å². The SMILES string of the molecule is Cc1ccc(N2C(=O)[C@@H]3[C@H]4C[C@H]([C@H]5Sc6[nH]c(=O)sc6[C@@H](c6ccccc6)[C@H]45)[C@@H]3C2=O)cc1. The molecule has 2 aliphatic carbocycles. The summed E-state index contributed by atoms with van der Waals surface area (Å²) in [6, 6.07) is 18.0. The summed E-state index contributed by atoms with van der Waals surface area (Å²) in [5, 5.41) is 1.19. The number of carbonyl (C=O) groups excluding carboxylic acids is 2. The predicted molar refractivity (Wildman–Crippen MR) is 129 cm³/mol. The number of rotatable bonds is 2. The lowest BCUT2D eigenvalue weighted by atomic mass is 9.68. The van der Waals surface area contributed by atoms with E-state index < -0.39 is 0 Å². The topological polar surface area (TPSA) is 70.2 Å². The van der Waals surface area contributed by atoms with Crippen LogP contribution < -0.4 is 9.77 Å². The van der Waals surface area contributed by atoms with E-state index in [1.165, 1.54) is 21.8 Å². The molecule has 2 amide bonds. The summed E-state index contributed by atoms with van der Waals surface area (Å²) in [6.45, 7) is 2.00. The smallest absolute Gasteiger partial charge is 0.305 e. The molecule has 0 unspecified atom stereocenters. The van der Waals surface area contributed by atoms with E-state index in [1.807, 2.05) is 49.4 Å². The Morgan fingerprint density at radius 1 is 0.909 bits per heavy atom. The number of imide groups is 1. The second kappa shape index (κ2) is 6.93. The standard InChI is InChI=1S/C26H22N2O3S2/c1-12-7-9-14(10-8-12)28-24(29)19-15-11-16(20(19)25(28)30)21-18(15)17(13-5-3-2-4-6-13)22-23(32-21)27-26(31)33-22/h2-10,15-21H,11H2,1H3,(H,27,31)/t15-,16-,17-,18-,19+,20-,21+/m0/s1. The molecule has 3 aromatic rings. The lowest BCUT2D eigenvalue weighted by Crippen LogP contribution is -2.42. The first-order valence-electron chi connectivity index (χ1n) is 11.4. The van der Waals surface area contributed by atoms with Gasteiger partial charge in [0.25, 0.3) is 0 Å². The van der Waals surface area contributed by atoms with E-state index in [-0.39, 0.29) is 57.4 Å². The minimum atomic E-state index is -0.255. The van der Waals surface area contributed by atoms with Crippen LogP contribution in [0, 0.1) is 36.5 Å². The van der Waals surface area contributed by atoms with Crippen molar-refractivity contribution < 1.29 is 9.59 Å². The summed E-state index contributed by atoms with van der Waals surface area (Å²) in [5.41, 5.74) is 2.98. The van der Waals surface area contributed by atoms with Gasteiger partial charge in [0.05, 0.1) is 22.5 Å². The number of nitrogens with zero attached hydrogens (tertiary/aromatic N) is 1. The largest absolute Gasteiger partial charge is 0.307 e. The highest BCUT2D eigenvalue weighted by atomic mass is 32.2. The molecule has 7 rings (SSSR count). The molecule has 0 spiro atoms. The van der Waals surface area contributed by atoms with Crippen LogP contribution in [0.5, 0.6) is 0 Å². The first kappa shape index (κ1) is 19.8. The number of carbonyl (C=O) groups is 2. The molecule has 2 aromatic carbocycles. The van der Waals surface area contributed by atoms with E-state index in [0.717, 1.165) is 21.9 Å². The number of fused-ring (bicyclic) bond motifs is 9. The van der Waals surface area contributed by atoms with Crippen molar-refractivity contribution in [1.29, 1.82) is 0 Å². The van der Waals surface area contributed by atoms with Crippen LogP contribution in [-0.4, -0.2) is 22.0 Å². The van der Waals surface area contributed by atoms with Gasteiger partial charge >= 0.3 is 4.87 Å². The second-order valence-corrected chi connectivity index (χ2v) is 11.9. The fourth-order valence-corrected chi connectivity index (χ4v) is 9.89. The van der Waals surface area contributed by atoms with Crippen molar-refractivity contribution in [2.75, 3.05) is 4.90 Å². The van der Waals surface area contributed by atoms with Gasteiger partial charge in [0.1, 0.15) is 0 Å². The number of thioether (sulfide) groups is 1. The molecule has 0 radical (unpaired) electrons. The molecule has 3 heterocycles. The summed E-state index contributed by atoms with van der Waals surface area (Å²) < 4.78 is 0. The van der Waals surface area contributed by atoms with Crippen molar-refractivity contribution in [3.8, 4) is 0 Å². The number of thiazole rings is 1. The van der Waals surface area contributed by atoms with Crippen molar-refractivity contribution in [1.82, 2.24) is 4.98 Å². The van der Waals surface area contributed by atoms with Gasteiger partial charge in [0.2, 0.25) is 11.8 Å². The highest BCUT2D eigenvalue weighted by molar-refractivity contribution is 8.00. The Bertz CT molecular complexity index is 1350. The highest BCUT2D eigenvalue weighted by Crippen LogP contribution is 2.68. The Kier molecular flexibility index (Phi) is 4.16. The Morgan fingerprint density at radius 2 is 1.61 bits per heavy atom. The minimum Gasteiger partial charge on any atom is -0.307 e. The van der Waals surface area contributed by atoms with Gasteiger partial charge in [-0.3, -0.25) is 19.3 Å².